The number of sulfonamides is 1. The molecule has 2 aromatic carbocycles. The molecule has 0 bridgehead atoms. The zero-order valence-corrected chi connectivity index (χ0v) is 16.1. The van der Waals surface area contributed by atoms with Crippen LogP contribution in [0.15, 0.2) is 53.4 Å². The summed E-state index contributed by atoms with van der Waals surface area (Å²) < 4.78 is 37.7. The number of methoxy groups -OCH3 is 1. The third kappa shape index (κ3) is 4.49. The lowest BCUT2D eigenvalue weighted by atomic mass is 10.3. The second-order valence-electron chi connectivity index (χ2n) is 6.04. The van der Waals surface area contributed by atoms with Gasteiger partial charge in [0.2, 0.25) is 21.8 Å². The van der Waals surface area contributed by atoms with Crippen molar-refractivity contribution in [2.75, 3.05) is 25.2 Å². The highest BCUT2D eigenvalue weighted by atomic mass is 32.2. The van der Waals surface area contributed by atoms with Crippen molar-refractivity contribution in [3.05, 3.63) is 48.5 Å². The number of nitrogens with zero attached hydrogens (tertiary/aromatic N) is 1. The number of anilines is 1. The smallest absolute Gasteiger partial charge is 0.240 e. The van der Waals surface area contributed by atoms with E-state index in [-0.39, 0.29) is 42.7 Å². The van der Waals surface area contributed by atoms with Gasteiger partial charge in [-0.3, -0.25) is 14.5 Å². The summed E-state index contributed by atoms with van der Waals surface area (Å²) in [6.45, 7) is 0.236. The topological polar surface area (TPSA) is 102 Å². The number of nitrogens with one attached hydrogen (secondary N) is 1. The maximum Gasteiger partial charge on any atom is 0.240 e. The highest BCUT2D eigenvalue weighted by Gasteiger charge is 2.30. The normalized spacial score (nSPS) is 14.4. The van der Waals surface area contributed by atoms with E-state index in [0.717, 1.165) is 4.90 Å². The van der Waals surface area contributed by atoms with E-state index in [2.05, 4.69) is 4.72 Å². The number of benzene rings is 2. The average molecular weight is 404 g/mol. The first-order valence-electron chi connectivity index (χ1n) is 8.63. The summed E-state index contributed by atoms with van der Waals surface area (Å²) in [6.07, 6.45) is 0.350. The Morgan fingerprint density at radius 2 is 1.50 bits per heavy atom. The lowest BCUT2D eigenvalue weighted by Crippen LogP contribution is -2.29. The molecule has 0 spiro atoms. The Morgan fingerprint density at radius 1 is 0.929 bits per heavy atom. The van der Waals surface area contributed by atoms with Crippen LogP contribution in [0.1, 0.15) is 12.8 Å². The maximum atomic E-state index is 12.4. The first-order valence-corrected chi connectivity index (χ1v) is 10.1. The van der Waals surface area contributed by atoms with E-state index in [1.54, 1.807) is 31.4 Å². The Hall–Kier alpha value is -2.91. The third-order valence-corrected chi connectivity index (χ3v) is 5.66. The zero-order chi connectivity index (χ0) is 20.1. The van der Waals surface area contributed by atoms with Gasteiger partial charge in [0, 0.05) is 19.4 Å². The van der Waals surface area contributed by atoms with Crippen LogP contribution in [0.4, 0.5) is 5.69 Å². The van der Waals surface area contributed by atoms with E-state index in [9.17, 15) is 18.0 Å². The van der Waals surface area contributed by atoms with Crippen LogP contribution < -0.4 is 19.1 Å². The Labute approximate surface area is 163 Å². The van der Waals surface area contributed by atoms with Gasteiger partial charge in [-0.1, -0.05) is 0 Å². The van der Waals surface area contributed by atoms with Gasteiger partial charge in [-0.15, -0.1) is 0 Å². The molecule has 1 aliphatic rings. The van der Waals surface area contributed by atoms with Crippen LogP contribution in [0.3, 0.4) is 0 Å². The van der Waals surface area contributed by atoms with Crippen molar-refractivity contribution < 1.29 is 27.5 Å². The summed E-state index contributed by atoms with van der Waals surface area (Å²) in [4.78, 5) is 24.6. The van der Waals surface area contributed by atoms with Gasteiger partial charge < -0.3 is 9.47 Å². The predicted octanol–water partition coefficient (Wildman–Crippen LogP) is 1.71. The highest BCUT2D eigenvalue weighted by Crippen LogP contribution is 2.24. The molecular formula is C19H20N2O6S. The molecule has 8 nitrogen and oxygen atoms in total. The molecule has 2 aromatic rings. The number of ether oxygens (including phenoxy) is 2. The Morgan fingerprint density at radius 3 is 2.07 bits per heavy atom. The average Bonchev–Trinajstić information content (AvgIpc) is 3.04. The van der Waals surface area contributed by atoms with Crippen molar-refractivity contribution in [3.8, 4) is 11.5 Å². The molecule has 3 rings (SSSR count). The van der Waals surface area contributed by atoms with E-state index >= 15 is 0 Å². The molecule has 9 heteroatoms. The van der Waals surface area contributed by atoms with E-state index in [1.807, 2.05) is 0 Å². The molecule has 0 unspecified atom stereocenters. The molecule has 1 saturated heterocycles. The van der Waals surface area contributed by atoms with Crippen LogP contribution in [-0.4, -0.2) is 40.5 Å². The van der Waals surface area contributed by atoms with Crippen LogP contribution in [0.25, 0.3) is 0 Å². The minimum absolute atomic E-state index is 0.0415. The van der Waals surface area contributed by atoms with Crippen LogP contribution >= 0.6 is 0 Å². The highest BCUT2D eigenvalue weighted by molar-refractivity contribution is 7.89. The standard InChI is InChI=1S/C19H20N2O6S/c1-26-15-4-6-16(7-5-15)27-13-12-20-28(24,25)17-8-2-14(3-9-17)21-18(22)10-11-19(21)23/h2-9,20H,10-13H2,1H3. The molecule has 0 aromatic heterocycles. The van der Waals surface area contributed by atoms with Gasteiger partial charge in [0.1, 0.15) is 18.1 Å². The van der Waals surface area contributed by atoms with Crippen LogP contribution in [0.2, 0.25) is 0 Å². The Bertz CT molecular complexity index is 939. The number of amides is 2. The molecule has 28 heavy (non-hydrogen) atoms. The first kappa shape index (κ1) is 19.8. The molecular weight excluding hydrogens is 384 g/mol. The van der Waals surface area contributed by atoms with Crippen LogP contribution in [0.5, 0.6) is 11.5 Å². The van der Waals surface area contributed by atoms with Crippen molar-refractivity contribution in [1.29, 1.82) is 0 Å². The van der Waals surface area contributed by atoms with Gasteiger partial charge in [0.25, 0.3) is 0 Å². The molecule has 0 saturated carbocycles. The molecule has 148 valence electrons. The van der Waals surface area contributed by atoms with Crippen LogP contribution in [-0.2, 0) is 19.6 Å². The summed E-state index contributed by atoms with van der Waals surface area (Å²) in [6, 6.07) is 12.6. The summed E-state index contributed by atoms with van der Waals surface area (Å²) in [5.41, 5.74) is 0.370. The molecule has 0 atom stereocenters. The summed E-state index contributed by atoms with van der Waals surface area (Å²) in [7, 11) is -2.16. The van der Waals surface area contributed by atoms with Gasteiger partial charge in [-0.25, -0.2) is 13.1 Å². The predicted molar refractivity (Wildman–Crippen MR) is 102 cm³/mol. The minimum atomic E-state index is -3.73. The fraction of sp³-hybridized carbons (Fsp3) is 0.263. The van der Waals surface area contributed by atoms with E-state index in [4.69, 9.17) is 9.47 Å². The lowest BCUT2D eigenvalue weighted by molar-refractivity contribution is -0.121. The molecule has 1 N–H and O–H groups in total. The zero-order valence-electron chi connectivity index (χ0n) is 15.3. The summed E-state index contributed by atoms with van der Waals surface area (Å²) in [5.74, 6) is 0.738. The molecule has 1 aliphatic heterocycles. The monoisotopic (exact) mass is 404 g/mol. The number of carbonyl (C=O) groups excluding carboxylic acids is 2. The lowest BCUT2D eigenvalue weighted by Gasteiger charge is -2.14. The molecule has 0 radical (unpaired) electrons. The van der Waals surface area contributed by atoms with Crippen molar-refractivity contribution in [3.63, 3.8) is 0 Å². The second-order valence-corrected chi connectivity index (χ2v) is 7.81. The largest absolute Gasteiger partial charge is 0.497 e. The quantitative estimate of drug-likeness (QED) is 0.531. The number of imide groups is 1. The van der Waals surface area contributed by atoms with Gasteiger partial charge in [-0.2, -0.15) is 0 Å². The van der Waals surface area contributed by atoms with Gasteiger partial charge in [0.05, 0.1) is 17.7 Å². The molecule has 0 aliphatic carbocycles. The number of rotatable bonds is 8. The molecule has 2 amide bonds. The number of hydrogen-bond acceptors (Lipinski definition) is 6. The van der Waals surface area contributed by atoms with Gasteiger partial charge in [0.15, 0.2) is 0 Å². The second kappa shape index (κ2) is 8.41. The Kier molecular flexibility index (Phi) is 5.96. The maximum absolute atomic E-state index is 12.4. The van der Waals surface area contributed by atoms with Gasteiger partial charge >= 0.3 is 0 Å². The fourth-order valence-corrected chi connectivity index (χ4v) is 3.75. The number of hydrogen-bond donors (Lipinski definition) is 1. The van der Waals surface area contributed by atoms with Crippen molar-refractivity contribution in [1.82, 2.24) is 4.72 Å². The van der Waals surface area contributed by atoms with E-state index in [1.165, 1.54) is 24.3 Å². The SMILES string of the molecule is COc1ccc(OCCNS(=O)(=O)c2ccc(N3C(=O)CCC3=O)cc2)cc1. The molecule has 1 heterocycles. The molecule has 1 fully saturated rings. The van der Waals surface area contributed by atoms with E-state index in [0.29, 0.717) is 17.2 Å². The van der Waals surface area contributed by atoms with Crippen molar-refractivity contribution in [2.45, 2.75) is 17.7 Å². The Balaban J connectivity index is 1.55. The van der Waals surface area contributed by atoms with Crippen molar-refractivity contribution >= 4 is 27.5 Å². The van der Waals surface area contributed by atoms with Crippen LogP contribution in [0, 0.1) is 0 Å². The first-order chi connectivity index (χ1) is 13.4. The van der Waals surface area contributed by atoms with Gasteiger partial charge in [-0.05, 0) is 48.5 Å². The van der Waals surface area contributed by atoms with E-state index < -0.39 is 10.0 Å². The fourth-order valence-electron chi connectivity index (χ4n) is 2.74. The minimum Gasteiger partial charge on any atom is -0.497 e. The van der Waals surface area contributed by atoms with Crippen molar-refractivity contribution in [2.24, 2.45) is 0 Å². The summed E-state index contributed by atoms with van der Waals surface area (Å²) >= 11 is 0. The third-order valence-electron chi connectivity index (χ3n) is 4.18. The number of carbonyl (C=O) groups is 2. The summed E-state index contributed by atoms with van der Waals surface area (Å²) in [5, 5.41) is 0.